The largest absolute Gasteiger partial charge is 0.345 e. The van der Waals surface area contributed by atoms with Gasteiger partial charge in [0.1, 0.15) is 0 Å². The van der Waals surface area contributed by atoms with Crippen LogP contribution in [0.5, 0.6) is 0 Å². The number of rotatable bonds is 4. The number of nitrogens with zero attached hydrogens (tertiary/aromatic N) is 1. The van der Waals surface area contributed by atoms with Gasteiger partial charge in [-0.25, -0.2) is 0 Å². The molecule has 0 N–H and O–H groups in total. The van der Waals surface area contributed by atoms with E-state index in [1.807, 2.05) is 0 Å². The van der Waals surface area contributed by atoms with Gasteiger partial charge in [-0.3, -0.25) is 0 Å². The van der Waals surface area contributed by atoms with E-state index in [0.29, 0.717) is 0 Å². The molecule has 0 unspecified atom stereocenters. The predicted molar refractivity (Wildman–Crippen MR) is 98.6 cm³/mol. The van der Waals surface area contributed by atoms with Crippen LogP contribution >= 0.6 is 31.9 Å². The molecule has 0 spiro atoms. The van der Waals surface area contributed by atoms with Crippen molar-refractivity contribution in [3.05, 3.63) is 57.5 Å². The van der Waals surface area contributed by atoms with E-state index < -0.39 is 8.07 Å². The van der Waals surface area contributed by atoms with Crippen molar-refractivity contribution in [3.8, 4) is 0 Å². The summed E-state index contributed by atoms with van der Waals surface area (Å²) in [6.07, 6.45) is 1.11. The van der Waals surface area contributed by atoms with Gasteiger partial charge in [0.15, 0.2) is 0 Å². The van der Waals surface area contributed by atoms with Crippen LogP contribution in [0.15, 0.2) is 57.5 Å². The monoisotopic (exact) mass is 411 g/mol. The molecule has 4 heteroatoms. The van der Waals surface area contributed by atoms with Crippen LogP contribution in [0.25, 0.3) is 0 Å². The van der Waals surface area contributed by atoms with Crippen molar-refractivity contribution >= 4 is 51.3 Å². The molecule has 0 saturated carbocycles. The Labute approximate surface area is 139 Å². The number of hydrogen-bond donors (Lipinski definition) is 0. The molecule has 0 atom stereocenters. The Hall–Kier alpha value is -0.583. The van der Waals surface area contributed by atoms with Gasteiger partial charge in [0, 0.05) is 26.5 Å². The topological polar surface area (TPSA) is 3.24 Å². The fraction of sp³-hybridized carbons (Fsp3) is 0.250. The molecule has 0 heterocycles. The standard InChI is InChI=1S/C16H19Br2NSi/c1-20(2,3)12-19(15-8-4-13(17)5-9-15)16-10-6-14(18)7-11-16/h4-11H,12H2,1-3H3. The molecule has 2 aromatic rings. The van der Waals surface area contributed by atoms with Crippen molar-refractivity contribution in [3.63, 3.8) is 0 Å². The van der Waals surface area contributed by atoms with Gasteiger partial charge < -0.3 is 4.90 Å². The lowest BCUT2D eigenvalue weighted by Crippen LogP contribution is -2.37. The molecular weight excluding hydrogens is 394 g/mol. The first-order chi connectivity index (χ1) is 9.35. The van der Waals surface area contributed by atoms with E-state index in [1.54, 1.807) is 0 Å². The van der Waals surface area contributed by atoms with Crippen LogP contribution in [0.2, 0.25) is 19.6 Å². The zero-order valence-corrected chi connectivity index (χ0v) is 16.2. The van der Waals surface area contributed by atoms with Crippen molar-refractivity contribution in [2.75, 3.05) is 11.1 Å². The van der Waals surface area contributed by atoms with Crippen LogP contribution < -0.4 is 4.90 Å². The zero-order valence-electron chi connectivity index (χ0n) is 12.0. The second kappa shape index (κ2) is 6.46. The summed E-state index contributed by atoms with van der Waals surface area (Å²) in [7, 11) is -1.21. The van der Waals surface area contributed by atoms with Gasteiger partial charge in [-0.2, -0.15) is 0 Å². The molecule has 0 aliphatic carbocycles. The molecule has 0 aromatic heterocycles. The van der Waals surface area contributed by atoms with Gasteiger partial charge in [-0.1, -0.05) is 51.5 Å². The van der Waals surface area contributed by atoms with E-state index in [1.165, 1.54) is 11.4 Å². The Morgan fingerprint density at radius 2 is 1.10 bits per heavy atom. The molecule has 106 valence electrons. The van der Waals surface area contributed by atoms with E-state index >= 15 is 0 Å². The summed E-state index contributed by atoms with van der Waals surface area (Å²) in [5.41, 5.74) is 2.50. The summed E-state index contributed by atoms with van der Waals surface area (Å²) in [4.78, 5) is 2.42. The van der Waals surface area contributed by atoms with Gasteiger partial charge >= 0.3 is 0 Å². The van der Waals surface area contributed by atoms with E-state index in [9.17, 15) is 0 Å². The Kier molecular flexibility index (Phi) is 5.10. The van der Waals surface area contributed by atoms with Crippen LogP contribution in [0.1, 0.15) is 0 Å². The number of anilines is 2. The summed E-state index contributed by atoms with van der Waals surface area (Å²) < 4.78 is 2.23. The maximum Gasteiger partial charge on any atom is 0.0671 e. The summed E-state index contributed by atoms with van der Waals surface area (Å²) in [5.74, 6) is 0. The highest BCUT2D eigenvalue weighted by atomic mass is 79.9. The summed E-state index contributed by atoms with van der Waals surface area (Å²) in [6.45, 7) is 7.20. The average Bonchev–Trinajstić information content (AvgIpc) is 2.37. The van der Waals surface area contributed by atoms with Crippen LogP contribution in [-0.4, -0.2) is 14.2 Å². The molecule has 0 bridgehead atoms. The minimum Gasteiger partial charge on any atom is -0.345 e. The first kappa shape index (κ1) is 15.8. The highest BCUT2D eigenvalue weighted by molar-refractivity contribution is 9.10. The normalized spacial score (nSPS) is 11.4. The lowest BCUT2D eigenvalue weighted by Gasteiger charge is -2.31. The third kappa shape index (κ3) is 4.47. The minimum absolute atomic E-state index is 1.11. The van der Waals surface area contributed by atoms with Crippen molar-refractivity contribution in [1.29, 1.82) is 0 Å². The zero-order chi connectivity index (χ0) is 14.8. The fourth-order valence-corrected chi connectivity index (χ4v) is 3.89. The number of halogens is 2. The highest BCUT2D eigenvalue weighted by Gasteiger charge is 2.20. The predicted octanol–water partition coefficient (Wildman–Crippen LogP) is 6.23. The molecule has 0 radical (unpaired) electrons. The fourth-order valence-electron chi connectivity index (χ4n) is 2.05. The average molecular weight is 413 g/mol. The van der Waals surface area contributed by atoms with Crippen LogP contribution in [0.4, 0.5) is 11.4 Å². The van der Waals surface area contributed by atoms with Crippen molar-refractivity contribution in [1.82, 2.24) is 0 Å². The number of benzene rings is 2. The molecule has 2 rings (SSSR count). The Balaban J connectivity index is 2.38. The summed E-state index contributed by atoms with van der Waals surface area (Å²) in [6, 6.07) is 17.1. The molecule has 20 heavy (non-hydrogen) atoms. The Bertz CT molecular complexity index is 513. The van der Waals surface area contributed by atoms with Crippen molar-refractivity contribution in [2.24, 2.45) is 0 Å². The lowest BCUT2D eigenvalue weighted by molar-refractivity contribution is 1.12. The summed E-state index contributed by atoms with van der Waals surface area (Å²) >= 11 is 7.01. The third-order valence-electron chi connectivity index (χ3n) is 2.91. The quantitative estimate of drug-likeness (QED) is 0.538. The first-order valence-electron chi connectivity index (χ1n) is 6.64. The van der Waals surface area contributed by atoms with E-state index in [2.05, 4.69) is 105 Å². The Morgan fingerprint density at radius 3 is 1.40 bits per heavy atom. The smallest absolute Gasteiger partial charge is 0.0671 e. The van der Waals surface area contributed by atoms with Gasteiger partial charge in [0.2, 0.25) is 0 Å². The van der Waals surface area contributed by atoms with E-state index in [0.717, 1.165) is 15.1 Å². The SMILES string of the molecule is C[Si](C)(C)CN(c1ccc(Br)cc1)c1ccc(Br)cc1. The molecule has 1 nitrogen and oxygen atoms in total. The number of hydrogen-bond acceptors (Lipinski definition) is 1. The van der Waals surface area contributed by atoms with E-state index in [4.69, 9.17) is 0 Å². The van der Waals surface area contributed by atoms with Gasteiger partial charge in [0.05, 0.1) is 8.07 Å². The second-order valence-electron chi connectivity index (χ2n) is 6.10. The van der Waals surface area contributed by atoms with Crippen molar-refractivity contribution in [2.45, 2.75) is 19.6 Å². The molecular formula is C16H19Br2NSi. The molecule has 0 fully saturated rings. The molecule has 0 aliphatic heterocycles. The van der Waals surface area contributed by atoms with Crippen LogP contribution in [0, 0.1) is 0 Å². The van der Waals surface area contributed by atoms with Gasteiger partial charge in [-0.15, -0.1) is 0 Å². The molecule has 0 saturated heterocycles. The Morgan fingerprint density at radius 1 is 0.750 bits per heavy atom. The maximum absolute atomic E-state index is 3.51. The third-order valence-corrected chi connectivity index (χ3v) is 5.23. The lowest BCUT2D eigenvalue weighted by atomic mass is 10.2. The molecule has 0 aliphatic rings. The highest BCUT2D eigenvalue weighted by Crippen LogP contribution is 2.29. The second-order valence-corrected chi connectivity index (χ2v) is 13.4. The molecule has 2 aromatic carbocycles. The summed E-state index contributed by atoms with van der Waals surface area (Å²) in [5, 5.41) is 0. The van der Waals surface area contributed by atoms with E-state index in [-0.39, 0.29) is 0 Å². The maximum atomic E-state index is 3.51. The van der Waals surface area contributed by atoms with Crippen LogP contribution in [0.3, 0.4) is 0 Å². The first-order valence-corrected chi connectivity index (χ1v) is 11.9. The molecule has 0 amide bonds. The van der Waals surface area contributed by atoms with Gasteiger partial charge in [-0.05, 0) is 48.5 Å². The minimum atomic E-state index is -1.21. The van der Waals surface area contributed by atoms with Gasteiger partial charge in [0.25, 0.3) is 0 Å². The van der Waals surface area contributed by atoms with Crippen LogP contribution in [-0.2, 0) is 0 Å². The van der Waals surface area contributed by atoms with Crippen molar-refractivity contribution < 1.29 is 0 Å².